The van der Waals surface area contributed by atoms with E-state index < -0.39 is 0 Å². The summed E-state index contributed by atoms with van der Waals surface area (Å²) < 4.78 is 4.95. The van der Waals surface area contributed by atoms with Gasteiger partial charge >= 0.3 is 5.97 Å². The molecule has 2 aromatic rings. The Labute approximate surface area is 190 Å². The van der Waals surface area contributed by atoms with E-state index in [1.807, 2.05) is 18.7 Å². The molecule has 1 aliphatic rings. The zero-order chi connectivity index (χ0) is 22.3. The maximum absolute atomic E-state index is 11.4. The maximum Gasteiger partial charge on any atom is 0.305 e. The highest BCUT2D eigenvalue weighted by atomic mass is 32.2. The highest BCUT2D eigenvalue weighted by Crippen LogP contribution is 2.42. The number of fused-ring (bicyclic) bond motifs is 1. The Morgan fingerprint density at radius 2 is 2.00 bits per heavy atom. The van der Waals surface area contributed by atoms with E-state index in [0.29, 0.717) is 18.7 Å². The molecule has 0 atom stereocenters. The molecule has 0 radical (unpaired) electrons. The molecule has 1 aliphatic heterocycles. The number of aromatic nitrogens is 2. The molecule has 5 heteroatoms. The summed E-state index contributed by atoms with van der Waals surface area (Å²) in [5, 5.41) is 0. The van der Waals surface area contributed by atoms with Crippen LogP contribution in [0.3, 0.4) is 0 Å². The first-order chi connectivity index (χ1) is 14.9. The van der Waals surface area contributed by atoms with E-state index in [2.05, 4.69) is 54.7 Å². The lowest BCUT2D eigenvalue weighted by Crippen LogP contribution is -2.23. The smallest absolute Gasteiger partial charge is 0.305 e. The van der Waals surface area contributed by atoms with Crippen molar-refractivity contribution >= 4 is 17.7 Å². The van der Waals surface area contributed by atoms with Crippen LogP contribution in [0.4, 0.5) is 0 Å². The summed E-state index contributed by atoms with van der Waals surface area (Å²) in [5.74, 6) is 7.60. The first-order valence-electron chi connectivity index (χ1n) is 11.2. The van der Waals surface area contributed by atoms with Crippen LogP contribution in [0.5, 0.6) is 0 Å². The SMILES string of the molecule is CCOC(=O)CCCCc1cnc(C#Cc2cc3c(cc2CC)SCCC3(C)C)cn1. The predicted octanol–water partition coefficient (Wildman–Crippen LogP) is 5.49. The van der Waals surface area contributed by atoms with Gasteiger partial charge in [0, 0.05) is 23.1 Å². The van der Waals surface area contributed by atoms with E-state index >= 15 is 0 Å². The zero-order valence-corrected chi connectivity index (χ0v) is 19.9. The summed E-state index contributed by atoms with van der Waals surface area (Å²) in [6, 6.07) is 4.62. The highest BCUT2D eigenvalue weighted by molar-refractivity contribution is 7.99. The Balaban J connectivity index is 1.66. The van der Waals surface area contributed by atoms with Crippen LogP contribution < -0.4 is 0 Å². The summed E-state index contributed by atoms with van der Waals surface area (Å²) in [5.41, 5.74) is 5.61. The summed E-state index contributed by atoms with van der Waals surface area (Å²) >= 11 is 1.96. The van der Waals surface area contributed by atoms with Gasteiger partial charge in [-0.1, -0.05) is 26.7 Å². The molecule has 0 amide bonds. The Morgan fingerprint density at radius 1 is 1.16 bits per heavy atom. The third-order valence-corrected chi connectivity index (χ3v) is 6.76. The number of hydrogen-bond donors (Lipinski definition) is 0. The van der Waals surface area contributed by atoms with Gasteiger partial charge in [-0.2, -0.15) is 0 Å². The molecule has 164 valence electrons. The third-order valence-electron chi connectivity index (χ3n) is 5.70. The number of esters is 1. The second-order valence-corrected chi connectivity index (χ2v) is 9.63. The number of rotatable bonds is 7. The van der Waals surface area contributed by atoms with Gasteiger partial charge in [-0.05, 0) is 79.4 Å². The van der Waals surface area contributed by atoms with Crippen LogP contribution in [0, 0.1) is 11.8 Å². The molecule has 2 heterocycles. The Kier molecular flexibility index (Phi) is 8.15. The van der Waals surface area contributed by atoms with Gasteiger partial charge in [0.1, 0.15) is 5.69 Å². The van der Waals surface area contributed by atoms with Gasteiger partial charge in [0.15, 0.2) is 0 Å². The lowest BCUT2D eigenvalue weighted by Gasteiger charge is -2.32. The van der Waals surface area contributed by atoms with Crippen molar-refractivity contribution in [3.63, 3.8) is 0 Å². The minimum Gasteiger partial charge on any atom is -0.466 e. The van der Waals surface area contributed by atoms with E-state index in [0.717, 1.165) is 36.9 Å². The van der Waals surface area contributed by atoms with Gasteiger partial charge in [-0.3, -0.25) is 9.78 Å². The normalized spacial score (nSPS) is 14.3. The average molecular weight is 437 g/mol. The highest BCUT2D eigenvalue weighted by Gasteiger charge is 2.28. The Morgan fingerprint density at radius 3 is 2.71 bits per heavy atom. The van der Waals surface area contributed by atoms with Crippen molar-refractivity contribution in [2.45, 2.75) is 76.5 Å². The van der Waals surface area contributed by atoms with Crippen LogP contribution in [-0.2, 0) is 27.8 Å². The van der Waals surface area contributed by atoms with E-state index in [1.54, 1.807) is 12.4 Å². The van der Waals surface area contributed by atoms with Gasteiger partial charge in [-0.25, -0.2) is 4.98 Å². The van der Waals surface area contributed by atoms with Gasteiger partial charge < -0.3 is 4.74 Å². The van der Waals surface area contributed by atoms with E-state index in [-0.39, 0.29) is 11.4 Å². The Hall–Kier alpha value is -2.32. The fourth-order valence-electron chi connectivity index (χ4n) is 3.72. The summed E-state index contributed by atoms with van der Waals surface area (Å²) in [7, 11) is 0. The summed E-state index contributed by atoms with van der Waals surface area (Å²) in [4.78, 5) is 21.8. The van der Waals surface area contributed by atoms with Crippen molar-refractivity contribution in [2.24, 2.45) is 0 Å². The van der Waals surface area contributed by atoms with Crippen molar-refractivity contribution in [1.82, 2.24) is 9.97 Å². The first kappa shape index (κ1) is 23.3. The van der Waals surface area contributed by atoms with Gasteiger partial charge in [0.25, 0.3) is 0 Å². The number of thioether (sulfide) groups is 1. The van der Waals surface area contributed by atoms with E-state index in [1.165, 1.54) is 28.2 Å². The molecule has 0 N–H and O–H groups in total. The molecule has 0 bridgehead atoms. The molecular formula is C26H32N2O2S. The minimum absolute atomic E-state index is 0.130. The fraction of sp³-hybridized carbons (Fsp3) is 0.500. The van der Waals surface area contributed by atoms with Crippen molar-refractivity contribution in [2.75, 3.05) is 12.4 Å². The van der Waals surface area contributed by atoms with Crippen molar-refractivity contribution in [3.8, 4) is 11.8 Å². The molecule has 0 saturated heterocycles. The monoisotopic (exact) mass is 436 g/mol. The van der Waals surface area contributed by atoms with Gasteiger partial charge in [0.05, 0.1) is 18.5 Å². The summed E-state index contributed by atoms with van der Waals surface area (Å²) in [6.07, 6.45) is 8.65. The number of nitrogens with zero attached hydrogens (tertiary/aromatic N) is 2. The number of benzene rings is 1. The van der Waals surface area contributed by atoms with Crippen LogP contribution in [0.2, 0.25) is 0 Å². The number of carbonyl (C=O) groups excluding carboxylic acids is 1. The molecule has 0 unspecified atom stereocenters. The zero-order valence-electron chi connectivity index (χ0n) is 19.1. The molecule has 1 aromatic carbocycles. The largest absolute Gasteiger partial charge is 0.466 e. The van der Waals surface area contributed by atoms with Crippen LogP contribution in [0.1, 0.15) is 81.5 Å². The summed E-state index contributed by atoms with van der Waals surface area (Å²) in [6.45, 7) is 9.10. The first-order valence-corrected chi connectivity index (χ1v) is 12.2. The molecule has 4 nitrogen and oxygen atoms in total. The molecule has 3 rings (SSSR count). The minimum atomic E-state index is -0.130. The third kappa shape index (κ3) is 6.33. The van der Waals surface area contributed by atoms with E-state index in [4.69, 9.17) is 4.74 Å². The molecule has 0 fully saturated rings. The quantitative estimate of drug-likeness (QED) is 0.326. The average Bonchev–Trinajstić information content (AvgIpc) is 2.76. The lowest BCUT2D eigenvalue weighted by atomic mass is 9.80. The number of ether oxygens (including phenoxy) is 1. The molecule has 0 aliphatic carbocycles. The standard InChI is InChI=1S/C26H32N2O2S/c1-5-19-16-24-23(26(3,4)13-14-31-24)15-20(19)11-12-22-18-27-21(17-28-22)9-7-8-10-25(29)30-6-2/h15-18H,5-10,13-14H2,1-4H3. The molecule has 0 saturated carbocycles. The second-order valence-electron chi connectivity index (χ2n) is 8.50. The van der Waals surface area contributed by atoms with Crippen LogP contribution in [0.25, 0.3) is 0 Å². The van der Waals surface area contributed by atoms with Gasteiger partial charge in [0.2, 0.25) is 0 Å². The number of carbonyl (C=O) groups is 1. The van der Waals surface area contributed by atoms with E-state index in [9.17, 15) is 4.79 Å². The predicted molar refractivity (Wildman–Crippen MR) is 126 cm³/mol. The molecule has 1 aromatic heterocycles. The fourth-order valence-corrected chi connectivity index (χ4v) is 5.27. The maximum atomic E-state index is 11.4. The molecular weight excluding hydrogens is 404 g/mol. The lowest BCUT2D eigenvalue weighted by molar-refractivity contribution is -0.143. The van der Waals surface area contributed by atoms with Crippen molar-refractivity contribution in [1.29, 1.82) is 0 Å². The number of unbranched alkanes of at least 4 members (excludes halogenated alkanes) is 1. The van der Waals surface area contributed by atoms with Gasteiger partial charge in [-0.15, -0.1) is 11.8 Å². The molecule has 31 heavy (non-hydrogen) atoms. The van der Waals surface area contributed by atoms with Crippen molar-refractivity contribution in [3.05, 3.63) is 52.6 Å². The van der Waals surface area contributed by atoms with Crippen molar-refractivity contribution < 1.29 is 9.53 Å². The number of aryl methyl sites for hydroxylation is 2. The molecule has 0 spiro atoms. The topological polar surface area (TPSA) is 52.1 Å². The second kappa shape index (κ2) is 10.8. The van der Waals surface area contributed by atoms with Crippen LogP contribution in [0.15, 0.2) is 29.4 Å². The Bertz CT molecular complexity index is 971. The van der Waals surface area contributed by atoms with Crippen LogP contribution >= 0.6 is 11.8 Å². The number of hydrogen-bond acceptors (Lipinski definition) is 5. The van der Waals surface area contributed by atoms with Crippen LogP contribution in [-0.4, -0.2) is 28.3 Å².